The maximum Gasteiger partial charge on any atom is 0.0853 e. The number of rotatable bonds is 6. The van der Waals surface area contributed by atoms with Crippen LogP contribution < -0.4 is 5.32 Å². The van der Waals surface area contributed by atoms with Crippen molar-refractivity contribution >= 4 is 5.69 Å². The van der Waals surface area contributed by atoms with Crippen molar-refractivity contribution in [3.05, 3.63) is 11.9 Å². The van der Waals surface area contributed by atoms with E-state index in [0.717, 1.165) is 37.4 Å². The molecule has 0 saturated heterocycles. The molecule has 0 spiro atoms. The van der Waals surface area contributed by atoms with Crippen LogP contribution in [-0.4, -0.2) is 30.0 Å². The van der Waals surface area contributed by atoms with E-state index in [2.05, 4.69) is 17.3 Å². The van der Waals surface area contributed by atoms with E-state index in [4.69, 9.17) is 4.74 Å². The zero-order chi connectivity index (χ0) is 10.4. The number of anilines is 1. The quantitative estimate of drug-likeness (QED) is 0.701. The van der Waals surface area contributed by atoms with Crippen LogP contribution in [0.3, 0.4) is 0 Å². The molecule has 0 bridgehead atoms. The number of nitrogens with zero attached hydrogens (tertiary/aromatic N) is 2. The van der Waals surface area contributed by atoms with E-state index in [0.29, 0.717) is 0 Å². The van der Waals surface area contributed by atoms with E-state index in [1.807, 2.05) is 17.9 Å². The molecule has 1 aromatic heterocycles. The molecule has 0 fully saturated rings. The van der Waals surface area contributed by atoms with E-state index in [1.54, 1.807) is 7.11 Å². The standard InChI is InChI=1S/C10H19N3O/c1-4-9-10(8-13(2)12-9)11-6-5-7-14-3/h8,11H,4-7H2,1-3H3. The average molecular weight is 197 g/mol. The molecule has 80 valence electrons. The minimum absolute atomic E-state index is 0.800. The van der Waals surface area contributed by atoms with Crippen LogP contribution in [0, 0.1) is 0 Å². The molecule has 0 radical (unpaired) electrons. The Kier molecular flexibility index (Phi) is 4.46. The summed E-state index contributed by atoms with van der Waals surface area (Å²) in [5, 5.41) is 7.71. The summed E-state index contributed by atoms with van der Waals surface area (Å²) >= 11 is 0. The second kappa shape index (κ2) is 5.65. The Morgan fingerprint density at radius 2 is 2.36 bits per heavy atom. The van der Waals surface area contributed by atoms with Gasteiger partial charge in [0.1, 0.15) is 0 Å². The minimum atomic E-state index is 0.800. The van der Waals surface area contributed by atoms with Gasteiger partial charge < -0.3 is 10.1 Å². The summed E-state index contributed by atoms with van der Waals surface area (Å²) in [5.74, 6) is 0. The van der Waals surface area contributed by atoms with E-state index in [-0.39, 0.29) is 0 Å². The summed E-state index contributed by atoms with van der Waals surface area (Å²) in [6.45, 7) is 3.85. The molecular formula is C10H19N3O. The van der Waals surface area contributed by atoms with Crippen molar-refractivity contribution < 1.29 is 4.74 Å². The predicted molar refractivity (Wildman–Crippen MR) is 57.6 cm³/mol. The lowest BCUT2D eigenvalue weighted by molar-refractivity contribution is 0.198. The molecule has 0 aliphatic heterocycles. The highest BCUT2D eigenvalue weighted by molar-refractivity contribution is 5.46. The van der Waals surface area contributed by atoms with Crippen LogP contribution in [0.4, 0.5) is 5.69 Å². The normalized spacial score (nSPS) is 10.5. The smallest absolute Gasteiger partial charge is 0.0853 e. The monoisotopic (exact) mass is 197 g/mol. The van der Waals surface area contributed by atoms with Gasteiger partial charge in [-0.05, 0) is 12.8 Å². The maximum atomic E-state index is 4.98. The Balaban J connectivity index is 2.41. The van der Waals surface area contributed by atoms with Crippen molar-refractivity contribution in [3.8, 4) is 0 Å². The molecule has 0 aliphatic rings. The molecule has 1 N–H and O–H groups in total. The molecule has 1 aromatic rings. The molecule has 1 heterocycles. The summed E-state index contributed by atoms with van der Waals surface area (Å²) in [7, 11) is 3.67. The zero-order valence-electron chi connectivity index (χ0n) is 9.21. The Morgan fingerprint density at radius 3 is 3.00 bits per heavy atom. The largest absolute Gasteiger partial charge is 0.385 e. The van der Waals surface area contributed by atoms with E-state index in [1.165, 1.54) is 0 Å². The van der Waals surface area contributed by atoms with Crippen LogP contribution in [0.25, 0.3) is 0 Å². The highest BCUT2D eigenvalue weighted by atomic mass is 16.5. The van der Waals surface area contributed by atoms with Gasteiger partial charge in [-0.25, -0.2) is 0 Å². The van der Waals surface area contributed by atoms with Crippen molar-refractivity contribution in [2.45, 2.75) is 19.8 Å². The highest BCUT2D eigenvalue weighted by Gasteiger charge is 2.03. The van der Waals surface area contributed by atoms with Crippen molar-refractivity contribution in [3.63, 3.8) is 0 Å². The van der Waals surface area contributed by atoms with Gasteiger partial charge in [0, 0.05) is 33.5 Å². The third kappa shape index (κ3) is 3.03. The molecule has 14 heavy (non-hydrogen) atoms. The fourth-order valence-corrected chi connectivity index (χ4v) is 1.38. The molecule has 0 atom stereocenters. The number of hydrogen-bond donors (Lipinski definition) is 1. The lowest BCUT2D eigenvalue weighted by atomic mass is 10.3. The summed E-state index contributed by atoms with van der Waals surface area (Å²) < 4.78 is 6.83. The first-order chi connectivity index (χ1) is 6.77. The van der Waals surface area contributed by atoms with Crippen LogP contribution in [0.2, 0.25) is 0 Å². The van der Waals surface area contributed by atoms with Crippen molar-refractivity contribution in [1.29, 1.82) is 0 Å². The van der Waals surface area contributed by atoms with Gasteiger partial charge in [0.05, 0.1) is 11.4 Å². The van der Waals surface area contributed by atoms with Gasteiger partial charge in [-0.2, -0.15) is 5.10 Å². The molecule has 0 saturated carbocycles. The number of hydrogen-bond acceptors (Lipinski definition) is 3. The third-order valence-electron chi connectivity index (χ3n) is 2.08. The number of methoxy groups -OCH3 is 1. The Bertz CT molecular complexity index is 270. The van der Waals surface area contributed by atoms with E-state index in [9.17, 15) is 0 Å². The molecule has 1 rings (SSSR count). The second-order valence-electron chi connectivity index (χ2n) is 3.29. The van der Waals surface area contributed by atoms with Gasteiger partial charge in [-0.1, -0.05) is 6.92 Å². The van der Waals surface area contributed by atoms with Crippen molar-refractivity contribution in [2.24, 2.45) is 7.05 Å². The summed E-state index contributed by atoms with van der Waals surface area (Å²) in [6, 6.07) is 0. The molecule has 0 amide bonds. The third-order valence-corrected chi connectivity index (χ3v) is 2.08. The molecule has 4 heteroatoms. The van der Waals surface area contributed by atoms with Crippen LogP contribution in [-0.2, 0) is 18.2 Å². The fraction of sp³-hybridized carbons (Fsp3) is 0.700. The summed E-state index contributed by atoms with van der Waals surface area (Å²) in [4.78, 5) is 0. The number of ether oxygens (including phenoxy) is 1. The molecule has 0 aliphatic carbocycles. The van der Waals surface area contributed by atoms with Crippen LogP contribution in [0.15, 0.2) is 6.20 Å². The number of aryl methyl sites for hydroxylation is 2. The Hall–Kier alpha value is -1.03. The lowest BCUT2D eigenvalue weighted by Gasteiger charge is -2.04. The predicted octanol–water partition coefficient (Wildman–Crippen LogP) is 1.43. The van der Waals surface area contributed by atoms with Crippen molar-refractivity contribution in [2.75, 3.05) is 25.6 Å². The van der Waals surface area contributed by atoms with Crippen LogP contribution in [0.1, 0.15) is 19.0 Å². The highest BCUT2D eigenvalue weighted by Crippen LogP contribution is 2.13. The van der Waals surface area contributed by atoms with Gasteiger partial charge in [0.15, 0.2) is 0 Å². The first-order valence-corrected chi connectivity index (χ1v) is 5.03. The van der Waals surface area contributed by atoms with Gasteiger partial charge in [-0.3, -0.25) is 4.68 Å². The maximum absolute atomic E-state index is 4.98. The zero-order valence-corrected chi connectivity index (χ0v) is 9.21. The molecule has 0 aromatic carbocycles. The molecule has 4 nitrogen and oxygen atoms in total. The second-order valence-corrected chi connectivity index (χ2v) is 3.29. The Labute approximate surface area is 85.3 Å². The Morgan fingerprint density at radius 1 is 1.57 bits per heavy atom. The van der Waals surface area contributed by atoms with Crippen LogP contribution >= 0.6 is 0 Å². The SMILES string of the molecule is CCc1nn(C)cc1NCCCOC. The van der Waals surface area contributed by atoms with Gasteiger partial charge in [-0.15, -0.1) is 0 Å². The van der Waals surface area contributed by atoms with Gasteiger partial charge >= 0.3 is 0 Å². The topological polar surface area (TPSA) is 39.1 Å². The van der Waals surface area contributed by atoms with E-state index >= 15 is 0 Å². The minimum Gasteiger partial charge on any atom is -0.385 e. The average Bonchev–Trinajstić information content (AvgIpc) is 2.54. The van der Waals surface area contributed by atoms with Gasteiger partial charge in [0.2, 0.25) is 0 Å². The molecule has 0 unspecified atom stereocenters. The lowest BCUT2D eigenvalue weighted by Crippen LogP contribution is -2.05. The first kappa shape index (κ1) is 11.0. The number of aromatic nitrogens is 2. The first-order valence-electron chi connectivity index (χ1n) is 5.03. The summed E-state index contributed by atoms with van der Waals surface area (Å²) in [5.41, 5.74) is 2.27. The van der Waals surface area contributed by atoms with Gasteiger partial charge in [0.25, 0.3) is 0 Å². The van der Waals surface area contributed by atoms with E-state index < -0.39 is 0 Å². The summed E-state index contributed by atoms with van der Waals surface area (Å²) in [6.07, 6.45) is 4.01. The number of nitrogens with one attached hydrogen (secondary N) is 1. The van der Waals surface area contributed by atoms with Crippen LogP contribution in [0.5, 0.6) is 0 Å². The molecular weight excluding hydrogens is 178 g/mol. The fourth-order valence-electron chi connectivity index (χ4n) is 1.38. The van der Waals surface area contributed by atoms with Crippen molar-refractivity contribution in [1.82, 2.24) is 9.78 Å².